The second-order valence-electron chi connectivity index (χ2n) is 8.33. The quantitative estimate of drug-likeness (QED) is 0.451. The molecule has 8 nitrogen and oxygen atoms in total. The van der Waals surface area contributed by atoms with Crippen molar-refractivity contribution in [2.75, 3.05) is 18.8 Å². The number of piperidine rings is 1. The number of fused-ring (bicyclic) bond motifs is 4. The maximum absolute atomic E-state index is 13.1. The van der Waals surface area contributed by atoms with Crippen LogP contribution in [0.2, 0.25) is 5.02 Å². The van der Waals surface area contributed by atoms with Gasteiger partial charge in [-0.15, -0.1) is 0 Å². The summed E-state index contributed by atoms with van der Waals surface area (Å²) in [5.74, 6) is -0.0239. The van der Waals surface area contributed by atoms with Crippen LogP contribution in [0.3, 0.4) is 0 Å². The van der Waals surface area contributed by atoms with Gasteiger partial charge in [-0.2, -0.15) is 4.98 Å². The molecule has 2 aromatic heterocycles. The van der Waals surface area contributed by atoms with Gasteiger partial charge >= 0.3 is 0 Å². The van der Waals surface area contributed by atoms with E-state index in [1.54, 1.807) is 36.4 Å². The molecule has 2 aliphatic rings. The molecule has 1 aromatic carbocycles. The van der Waals surface area contributed by atoms with Crippen molar-refractivity contribution < 1.29 is 9.90 Å². The molecule has 0 saturated carbocycles. The normalized spacial score (nSPS) is 19.2. The summed E-state index contributed by atoms with van der Waals surface area (Å²) in [4.78, 5) is 43.8. The van der Waals surface area contributed by atoms with Crippen molar-refractivity contribution >= 4 is 29.3 Å². The number of hydrogen-bond acceptors (Lipinski definition) is 6. The number of carbonyl (C=O) groups is 1. The number of carbonyl (C=O) groups excluding carboxylic acids is 1. The van der Waals surface area contributed by atoms with Gasteiger partial charge < -0.3 is 14.6 Å². The van der Waals surface area contributed by atoms with Gasteiger partial charge in [0.2, 0.25) is 11.8 Å². The number of benzene rings is 1. The Labute approximate surface area is 198 Å². The van der Waals surface area contributed by atoms with Gasteiger partial charge in [0.25, 0.3) is 11.1 Å². The third-order valence-electron chi connectivity index (χ3n) is 6.12. The lowest BCUT2D eigenvalue weighted by Gasteiger charge is -2.42. The summed E-state index contributed by atoms with van der Waals surface area (Å²) in [5, 5.41) is 10.6. The highest BCUT2D eigenvalue weighted by molar-refractivity contribution is 7.99. The van der Waals surface area contributed by atoms with Gasteiger partial charge in [-0.3, -0.25) is 19.0 Å². The van der Waals surface area contributed by atoms with Gasteiger partial charge in [-0.25, -0.2) is 0 Å². The minimum Gasteiger partial charge on any atom is -0.493 e. The molecule has 4 heterocycles. The van der Waals surface area contributed by atoms with E-state index in [-0.39, 0.29) is 34.2 Å². The molecule has 2 aliphatic heterocycles. The van der Waals surface area contributed by atoms with Crippen molar-refractivity contribution in [3.8, 4) is 11.6 Å². The molecule has 33 heavy (non-hydrogen) atoms. The molecule has 2 bridgehead atoms. The Morgan fingerprint density at radius 1 is 1.09 bits per heavy atom. The van der Waals surface area contributed by atoms with E-state index in [1.165, 1.54) is 4.57 Å². The summed E-state index contributed by atoms with van der Waals surface area (Å²) >= 11 is 7.06. The third-order valence-corrected chi connectivity index (χ3v) is 7.29. The van der Waals surface area contributed by atoms with E-state index in [1.807, 2.05) is 15.5 Å². The first-order valence-electron chi connectivity index (χ1n) is 10.6. The standard InChI is InChI=1S/C23H21ClN4O4S/c24-16-4-6-17(7-5-16)28-21(31)9-19(29)25-23(28)33-13-22(32)26-10-14-8-15(12-26)18-2-1-3-20(30)27(18)11-14/h1-7,9,14-15,29H,8,10-13H2. The molecule has 1 saturated heterocycles. The van der Waals surface area contributed by atoms with Gasteiger partial charge in [0, 0.05) is 42.3 Å². The summed E-state index contributed by atoms with van der Waals surface area (Å²) < 4.78 is 3.18. The number of hydrogen-bond donors (Lipinski definition) is 1. The number of likely N-dealkylation sites (tertiary alicyclic amines) is 1. The van der Waals surface area contributed by atoms with Crippen LogP contribution in [-0.2, 0) is 11.3 Å². The second kappa shape index (κ2) is 8.72. The lowest BCUT2D eigenvalue weighted by molar-refractivity contribution is -0.131. The minimum atomic E-state index is -0.450. The van der Waals surface area contributed by atoms with Crippen molar-refractivity contribution in [2.24, 2.45) is 5.92 Å². The first kappa shape index (κ1) is 21.8. The van der Waals surface area contributed by atoms with Crippen molar-refractivity contribution in [1.29, 1.82) is 0 Å². The topological polar surface area (TPSA) is 97.4 Å². The van der Waals surface area contributed by atoms with Crippen LogP contribution in [-0.4, -0.2) is 48.9 Å². The van der Waals surface area contributed by atoms with Gasteiger partial charge in [-0.1, -0.05) is 29.4 Å². The molecule has 1 N–H and O–H groups in total. The van der Waals surface area contributed by atoms with Gasteiger partial charge in [0.1, 0.15) is 0 Å². The fraction of sp³-hybridized carbons (Fsp3) is 0.304. The van der Waals surface area contributed by atoms with E-state index in [0.29, 0.717) is 30.3 Å². The van der Waals surface area contributed by atoms with Crippen molar-refractivity contribution in [3.05, 3.63) is 80.0 Å². The highest BCUT2D eigenvalue weighted by atomic mass is 35.5. The fourth-order valence-corrected chi connectivity index (χ4v) is 5.74. The Bertz CT molecular complexity index is 1340. The van der Waals surface area contributed by atoms with Crippen LogP contribution in [0.25, 0.3) is 5.69 Å². The van der Waals surface area contributed by atoms with Gasteiger partial charge in [0.05, 0.1) is 17.5 Å². The van der Waals surface area contributed by atoms with E-state index < -0.39 is 11.4 Å². The lowest BCUT2D eigenvalue weighted by atomic mass is 9.83. The van der Waals surface area contributed by atoms with E-state index in [0.717, 1.165) is 29.9 Å². The molecule has 0 radical (unpaired) electrons. The first-order chi connectivity index (χ1) is 15.9. The van der Waals surface area contributed by atoms with Crippen LogP contribution >= 0.6 is 23.4 Å². The van der Waals surface area contributed by atoms with Crippen LogP contribution in [0.5, 0.6) is 5.88 Å². The number of thioether (sulfide) groups is 1. The zero-order valence-corrected chi connectivity index (χ0v) is 19.1. The molecular formula is C23H21ClN4O4S. The highest BCUT2D eigenvalue weighted by Crippen LogP contribution is 2.35. The largest absolute Gasteiger partial charge is 0.493 e. The molecule has 0 spiro atoms. The highest BCUT2D eigenvalue weighted by Gasteiger charge is 2.36. The van der Waals surface area contributed by atoms with E-state index in [9.17, 15) is 19.5 Å². The minimum absolute atomic E-state index is 0.00709. The van der Waals surface area contributed by atoms with Crippen LogP contribution < -0.4 is 11.1 Å². The Hall–Kier alpha value is -3.04. The smallest absolute Gasteiger partial charge is 0.262 e. The Kier molecular flexibility index (Phi) is 5.76. The predicted octanol–water partition coefficient (Wildman–Crippen LogP) is 2.49. The zero-order valence-electron chi connectivity index (χ0n) is 17.6. The van der Waals surface area contributed by atoms with Crippen molar-refractivity contribution in [3.63, 3.8) is 0 Å². The Morgan fingerprint density at radius 2 is 1.88 bits per heavy atom. The summed E-state index contributed by atoms with van der Waals surface area (Å²) in [6.07, 6.45) is 0.963. The molecule has 2 atom stereocenters. The Morgan fingerprint density at radius 3 is 2.67 bits per heavy atom. The lowest BCUT2D eigenvalue weighted by Crippen LogP contribution is -2.49. The summed E-state index contributed by atoms with van der Waals surface area (Å²) in [6, 6.07) is 13.0. The Balaban J connectivity index is 1.35. The first-order valence-corrected chi connectivity index (χ1v) is 11.9. The molecule has 1 amide bonds. The number of nitrogens with zero attached hydrogens (tertiary/aromatic N) is 4. The number of aromatic nitrogens is 3. The molecule has 10 heteroatoms. The van der Waals surface area contributed by atoms with E-state index in [4.69, 9.17) is 11.6 Å². The maximum Gasteiger partial charge on any atom is 0.262 e. The molecule has 5 rings (SSSR count). The molecular weight excluding hydrogens is 464 g/mol. The van der Waals surface area contributed by atoms with Crippen LogP contribution in [0.1, 0.15) is 18.0 Å². The summed E-state index contributed by atoms with van der Waals surface area (Å²) in [5.41, 5.74) is 1.08. The maximum atomic E-state index is 13.1. The van der Waals surface area contributed by atoms with E-state index >= 15 is 0 Å². The summed E-state index contributed by atoms with van der Waals surface area (Å²) in [6.45, 7) is 1.76. The number of aromatic hydroxyl groups is 1. The molecule has 170 valence electrons. The third kappa shape index (κ3) is 4.30. The molecule has 2 unspecified atom stereocenters. The monoisotopic (exact) mass is 484 g/mol. The molecule has 1 fully saturated rings. The average Bonchev–Trinajstić information content (AvgIpc) is 2.79. The molecule has 3 aromatic rings. The number of pyridine rings is 1. The van der Waals surface area contributed by atoms with Crippen molar-refractivity contribution in [2.45, 2.75) is 24.0 Å². The fourth-order valence-electron chi connectivity index (χ4n) is 4.69. The van der Waals surface area contributed by atoms with E-state index in [2.05, 4.69) is 4.98 Å². The zero-order chi connectivity index (χ0) is 23.1. The van der Waals surface area contributed by atoms with Crippen LogP contribution in [0, 0.1) is 5.92 Å². The van der Waals surface area contributed by atoms with Gasteiger partial charge in [0.15, 0.2) is 5.16 Å². The van der Waals surface area contributed by atoms with Crippen LogP contribution in [0.4, 0.5) is 0 Å². The average molecular weight is 485 g/mol. The number of rotatable bonds is 4. The second-order valence-corrected chi connectivity index (χ2v) is 9.71. The summed E-state index contributed by atoms with van der Waals surface area (Å²) in [7, 11) is 0. The number of halogens is 1. The van der Waals surface area contributed by atoms with Gasteiger partial charge in [-0.05, 0) is 42.7 Å². The van der Waals surface area contributed by atoms with Crippen molar-refractivity contribution in [1.82, 2.24) is 19.0 Å². The number of amides is 1. The SMILES string of the molecule is O=C(CSc1nc(O)cc(=O)n1-c1ccc(Cl)cc1)N1CC2CC(C1)c1cccc(=O)n1C2. The molecule has 0 aliphatic carbocycles. The van der Waals surface area contributed by atoms with Crippen LogP contribution in [0.15, 0.2) is 63.3 Å². The predicted molar refractivity (Wildman–Crippen MR) is 125 cm³/mol.